The lowest BCUT2D eigenvalue weighted by Crippen LogP contribution is -2.45. The summed E-state index contributed by atoms with van der Waals surface area (Å²) in [5.41, 5.74) is -0.547. The maximum atomic E-state index is 12.9. The molecule has 1 aromatic rings. The van der Waals surface area contributed by atoms with Gasteiger partial charge in [0.05, 0.1) is 17.2 Å². The van der Waals surface area contributed by atoms with E-state index < -0.39 is 17.2 Å². The van der Waals surface area contributed by atoms with E-state index in [2.05, 4.69) is 23.5 Å². The lowest BCUT2D eigenvalue weighted by Gasteiger charge is -2.24. The molecule has 2 heterocycles. The molecule has 0 aliphatic carbocycles. The Morgan fingerprint density at radius 1 is 1.56 bits per heavy atom. The van der Waals surface area contributed by atoms with E-state index in [4.69, 9.17) is 9.15 Å². The number of rotatable bonds is 9. The van der Waals surface area contributed by atoms with Gasteiger partial charge in [0.2, 0.25) is 5.91 Å². The predicted octanol–water partition coefficient (Wildman–Crippen LogP) is 3.64. The highest BCUT2D eigenvalue weighted by atomic mass is 32.2. The lowest BCUT2D eigenvalue weighted by atomic mass is 10.0. The zero-order valence-electron chi connectivity index (χ0n) is 16.0. The van der Waals surface area contributed by atoms with Crippen LogP contribution in [-0.2, 0) is 4.79 Å². The number of carbonyl (C=O) groups is 1. The van der Waals surface area contributed by atoms with Crippen molar-refractivity contribution in [2.24, 2.45) is 4.99 Å². The number of amides is 1. The summed E-state index contributed by atoms with van der Waals surface area (Å²) in [5.74, 6) is 1.10. The Morgan fingerprint density at radius 3 is 2.89 bits per heavy atom. The quantitative estimate of drug-likeness (QED) is 0.651. The first-order chi connectivity index (χ1) is 12.8. The summed E-state index contributed by atoms with van der Waals surface area (Å²) in [4.78, 5) is 29.3. The second-order valence-electron chi connectivity index (χ2n) is 6.69. The monoisotopic (exact) mass is 390 g/mol. The van der Waals surface area contributed by atoms with Gasteiger partial charge >= 0.3 is 5.63 Å². The fraction of sp³-hybridized carbons (Fsp3) is 0.450. The molecule has 0 saturated heterocycles. The molecule has 7 heteroatoms. The van der Waals surface area contributed by atoms with Crippen molar-refractivity contribution in [3.05, 3.63) is 53.1 Å². The molecule has 1 aliphatic rings. The van der Waals surface area contributed by atoms with Crippen LogP contribution in [0.5, 0.6) is 5.75 Å². The third-order valence-corrected chi connectivity index (χ3v) is 5.47. The summed E-state index contributed by atoms with van der Waals surface area (Å²) < 4.78 is 10.8. The summed E-state index contributed by atoms with van der Waals surface area (Å²) in [7, 11) is 0. The summed E-state index contributed by atoms with van der Waals surface area (Å²) in [6.07, 6.45) is 3.02. The molecule has 1 aromatic heterocycles. The first kappa shape index (κ1) is 21.0. The van der Waals surface area contributed by atoms with E-state index in [9.17, 15) is 9.59 Å². The Bertz CT molecular complexity index is 814. The number of aliphatic imine (C=N–C) groups is 1. The average molecular weight is 391 g/mol. The van der Waals surface area contributed by atoms with Crippen molar-refractivity contribution in [2.45, 2.75) is 45.2 Å². The van der Waals surface area contributed by atoms with Gasteiger partial charge in [-0.25, -0.2) is 4.79 Å². The molecular formula is C20H26N2O4S. The smallest absolute Gasteiger partial charge is 0.339 e. The molecule has 27 heavy (non-hydrogen) atoms. The topological polar surface area (TPSA) is 80.9 Å². The molecule has 0 spiro atoms. The second-order valence-corrected chi connectivity index (χ2v) is 7.65. The molecule has 2 rings (SSSR count). The first-order valence-corrected chi connectivity index (χ1v) is 9.86. The first-order valence-electron chi connectivity index (χ1n) is 8.87. The van der Waals surface area contributed by atoms with Gasteiger partial charge in [-0.1, -0.05) is 32.6 Å². The van der Waals surface area contributed by atoms with E-state index in [0.717, 1.165) is 17.0 Å². The van der Waals surface area contributed by atoms with Gasteiger partial charge in [-0.15, -0.1) is 11.8 Å². The van der Waals surface area contributed by atoms with Crippen LogP contribution in [0.3, 0.4) is 0 Å². The van der Waals surface area contributed by atoms with Gasteiger partial charge in [0.15, 0.2) is 0 Å². The van der Waals surface area contributed by atoms with Crippen LogP contribution in [0.15, 0.2) is 51.1 Å². The number of thioether (sulfide) groups is 1. The van der Waals surface area contributed by atoms with Gasteiger partial charge in [0.25, 0.3) is 0 Å². The number of hydrogen-bond acceptors (Lipinski definition) is 6. The Balaban J connectivity index is 2.24. The number of hydrogen-bond donors (Lipinski definition) is 1. The van der Waals surface area contributed by atoms with Crippen molar-refractivity contribution in [2.75, 3.05) is 12.4 Å². The predicted molar refractivity (Wildman–Crippen MR) is 110 cm³/mol. The van der Waals surface area contributed by atoms with Crippen LogP contribution in [0.4, 0.5) is 0 Å². The second kappa shape index (κ2) is 9.08. The van der Waals surface area contributed by atoms with Gasteiger partial charge in [-0.2, -0.15) is 0 Å². The van der Waals surface area contributed by atoms with Crippen LogP contribution < -0.4 is 15.7 Å². The molecular weight excluding hydrogens is 364 g/mol. The van der Waals surface area contributed by atoms with Crippen LogP contribution >= 0.6 is 11.8 Å². The summed E-state index contributed by atoms with van der Waals surface area (Å²) in [6, 6.07) is 2.48. The number of carbonyl (C=O) groups excluding carboxylic acids is 1. The van der Waals surface area contributed by atoms with Gasteiger partial charge < -0.3 is 14.5 Å². The Labute approximate surface area is 163 Å². The SMILES string of the molecule is C=CCOc1cc([C@@H](CCC)NC(=O)[C@]2(C)CSC(C(=C)C)=N2)oc(=O)c1. The van der Waals surface area contributed by atoms with Crippen LogP contribution in [0, 0.1) is 0 Å². The van der Waals surface area contributed by atoms with Crippen molar-refractivity contribution >= 4 is 22.7 Å². The maximum Gasteiger partial charge on any atom is 0.339 e. The van der Waals surface area contributed by atoms with E-state index in [1.807, 2.05) is 13.8 Å². The minimum Gasteiger partial charge on any atom is -0.489 e. The molecule has 2 atom stereocenters. The zero-order valence-corrected chi connectivity index (χ0v) is 16.9. The molecule has 1 aliphatic heterocycles. The molecule has 0 saturated carbocycles. The van der Waals surface area contributed by atoms with Crippen molar-refractivity contribution < 1.29 is 13.9 Å². The minimum atomic E-state index is -0.873. The van der Waals surface area contributed by atoms with E-state index in [1.54, 1.807) is 19.1 Å². The standard InChI is InChI=1S/C20H26N2O4S/c1-6-8-15(16-10-14(25-9-7-2)11-17(23)26-16)21-19(24)20(5)12-27-18(22-20)13(3)4/h7,10-11,15H,2-3,6,8-9,12H2,1,4-5H3,(H,21,24)/t15-,20+/m1/s1. The highest BCUT2D eigenvalue weighted by Gasteiger charge is 2.39. The van der Waals surface area contributed by atoms with E-state index in [-0.39, 0.29) is 12.5 Å². The third-order valence-electron chi connectivity index (χ3n) is 4.05. The van der Waals surface area contributed by atoms with Crippen molar-refractivity contribution in [3.63, 3.8) is 0 Å². The van der Waals surface area contributed by atoms with E-state index in [0.29, 0.717) is 23.7 Å². The van der Waals surface area contributed by atoms with Gasteiger partial charge in [-0.3, -0.25) is 9.79 Å². The lowest BCUT2D eigenvalue weighted by molar-refractivity contribution is -0.125. The minimum absolute atomic E-state index is 0.204. The molecule has 0 unspecified atom stereocenters. The highest BCUT2D eigenvalue weighted by Crippen LogP contribution is 2.32. The Hall–Kier alpha value is -2.28. The van der Waals surface area contributed by atoms with Crippen LogP contribution in [0.1, 0.15) is 45.4 Å². The molecule has 6 nitrogen and oxygen atoms in total. The molecule has 0 aromatic carbocycles. The van der Waals surface area contributed by atoms with Crippen molar-refractivity contribution in [1.82, 2.24) is 5.32 Å². The summed E-state index contributed by atoms with van der Waals surface area (Å²) >= 11 is 1.52. The van der Waals surface area contributed by atoms with Gasteiger partial charge in [0, 0.05) is 11.8 Å². The van der Waals surface area contributed by atoms with Crippen molar-refractivity contribution in [3.8, 4) is 5.75 Å². The average Bonchev–Trinajstić information content (AvgIpc) is 3.03. The summed E-state index contributed by atoms with van der Waals surface area (Å²) in [5, 5.41) is 3.79. The van der Waals surface area contributed by atoms with Crippen LogP contribution in [-0.4, -0.2) is 28.8 Å². The fourth-order valence-corrected chi connectivity index (χ4v) is 3.73. The van der Waals surface area contributed by atoms with Crippen molar-refractivity contribution in [1.29, 1.82) is 0 Å². The van der Waals surface area contributed by atoms with E-state index >= 15 is 0 Å². The maximum absolute atomic E-state index is 12.9. The molecule has 0 fully saturated rings. The van der Waals surface area contributed by atoms with E-state index in [1.165, 1.54) is 17.8 Å². The fourth-order valence-electron chi connectivity index (χ4n) is 2.60. The number of nitrogens with one attached hydrogen (secondary N) is 1. The zero-order chi connectivity index (χ0) is 20.0. The van der Waals surface area contributed by atoms with Gasteiger partial charge in [0.1, 0.15) is 23.7 Å². The van der Waals surface area contributed by atoms with Crippen LogP contribution in [0.2, 0.25) is 0 Å². The van der Waals surface area contributed by atoms with Gasteiger partial charge in [-0.05, 0) is 25.8 Å². The summed E-state index contributed by atoms with van der Waals surface area (Å²) in [6.45, 7) is 13.4. The van der Waals surface area contributed by atoms with Crippen LogP contribution in [0.25, 0.3) is 0 Å². The normalized spacial score (nSPS) is 19.9. The Kier molecular flexibility index (Phi) is 7.07. The molecule has 1 amide bonds. The Morgan fingerprint density at radius 2 is 2.30 bits per heavy atom. The number of nitrogens with zero attached hydrogens (tertiary/aromatic N) is 1. The molecule has 0 bridgehead atoms. The highest BCUT2D eigenvalue weighted by molar-refractivity contribution is 8.14. The largest absolute Gasteiger partial charge is 0.489 e. The molecule has 1 N–H and O–H groups in total. The third kappa shape index (κ3) is 5.35. The molecule has 0 radical (unpaired) electrons. The number of ether oxygens (including phenoxy) is 1. The molecule has 146 valence electrons.